The van der Waals surface area contributed by atoms with Crippen LogP contribution in [0, 0.1) is 6.92 Å². The number of hydrogen-bond donors (Lipinski definition) is 1. The highest BCUT2D eigenvalue weighted by atomic mass is 16.2. The summed E-state index contributed by atoms with van der Waals surface area (Å²) in [4.78, 5) is 32.3. The first-order valence-corrected chi connectivity index (χ1v) is 11.1. The Balaban J connectivity index is 1.53. The molecule has 162 valence electrons. The molecule has 1 aliphatic carbocycles. The van der Waals surface area contributed by atoms with Gasteiger partial charge in [-0.1, -0.05) is 49.1 Å². The van der Waals surface area contributed by atoms with E-state index in [9.17, 15) is 9.59 Å². The number of hydrogen-bond acceptors (Lipinski definition) is 3. The van der Waals surface area contributed by atoms with Crippen molar-refractivity contribution in [3.8, 4) is 0 Å². The smallest absolute Gasteiger partial charge is 0.251 e. The summed E-state index contributed by atoms with van der Waals surface area (Å²) in [5, 5.41) is 2.96. The van der Waals surface area contributed by atoms with Crippen molar-refractivity contribution in [1.29, 1.82) is 0 Å². The predicted octanol–water partition coefficient (Wildman–Crippen LogP) is 4.07. The molecule has 1 saturated carbocycles. The monoisotopic (exact) mass is 418 g/mol. The molecule has 0 bridgehead atoms. The fraction of sp³-hybridized carbons (Fsp3) is 0.400. The molecule has 1 aromatic heterocycles. The van der Waals surface area contributed by atoms with Crippen molar-refractivity contribution in [2.75, 3.05) is 7.05 Å². The van der Waals surface area contributed by atoms with Crippen molar-refractivity contribution in [1.82, 2.24) is 19.8 Å². The average molecular weight is 419 g/mol. The lowest BCUT2D eigenvalue weighted by atomic mass is 9.94. The summed E-state index contributed by atoms with van der Waals surface area (Å²) in [6.07, 6.45) is 5.78. The third kappa shape index (κ3) is 4.79. The molecule has 1 N–H and O–H groups in total. The molecule has 2 amide bonds. The number of benzene rings is 2. The van der Waals surface area contributed by atoms with Crippen LogP contribution >= 0.6 is 0 Å². The lowest BCUT2D eigenvalue weighted by molar-refractivity contribution is -0.133. The zero-order valence-electron chi connectivity index (χ0n) is 18.3. The van der Waals surface area contributed by atoms with Gasteiger partial charge in [0.05, 0.1) is 17.6 Å². The quantitative estimate of drug-likeness (QED) is 0.656. The summed E-state index contributed by atoms with van der Waals surface area (Å²) in [6.45, 7) is 2.45. The topological polar surface area (TPSA) is 67.2 Å². The molecule has 2 aromatic carbocycles. The number of imidazole rings is 1. The summed E-state index contributed by atoms with van der Waals surface area (Å²) < 4.78 is 1.94. The Kier molecular flexibility index (Phi) is 6.35. The second kappa shape index (κ2) is 9.33. The number of amides is 2. The van der Waals surface area contributed by atoms with Crippen LogP contribution in [-0.4, -0.2) is 39.4 Å². The largest absolute Gasteiger partial charge is 0.345 e. The summed E-state index contributed by atoms with van der Waals surface area (Å²) in [6, 6.07) is 15.6. The first-order chi connectivity index (χ1) is 15.0. The second-order valence-corrected chi connectivity index (χ2v) is 8.45. The molecule has 6 nitrogen and oxygen atoms in total. The average Bonchev–Trinajstić information content (AvgIpc) is 3.14. The highest BCUT2D eigenvalue weighted by Gasteiger charge is 2.23. The normalized spacial score (nSPS) is 14.5. The van der Waals surface area contributed by atoms with Crippen LogP contribution in [0.4, 0.5) is 0 Å². The van der Waals surface area contributed by atoms with Crippen LogP contribution < -0.4 is 5.32 Å². The molecule has 1 fully saturated rings. The Morgan fingerprint density at radius 2 is 1.87 bits per heavy atom. The number of carbonyl (C=O) groups is 2. The molecule has 0 spiro atoms. The van der Waals surface area contributed by atoms with Gasteiger partial charge in [0, 0.05) is 18.7 Å². The van der Waals surface area contributed by atoms with Crippen LogP contribution in [-0.2, 0) is 17.9 Å². The van der Waals surface area contributed by atoms with Crippen molar-refractivity contribution >= 4 is 22.8 Å². The van der Waals surface area contributed by atoms with Crippen LogP contribution in [0.3, 0.4) is 0 Å². The van der Waals surface area contributed by atoms with Gasteiger partial charge >= 0.3 is 0 Å². The van der Waals surface area contributed by atoms with Gasteiger partial charge in [-0.05, 0) is 44.0 Å². The maximum atomic E-state index is 13.1. The van der Waals surface area contributed by atoms with E-state index in [4.69, 9.17) is 4.98 Å². The van der Waals surface area contributed by atoms with Gasteiger partial charge in [0.25, 0.3) is 5.91 Å². The van der Waals surface area contributed by atoms with Gasteiger partial charge in [-0.25, -0.2) is 4.98 Å². The van der Waals surface area contributed by atoms with E-state index in [1.807, 2.05) is 65.9 Å². The summed E-state index contributed by atoms with van der Waals surface area (Å²) in [7, 11) is 1.91. The van der Waals surface area contributed by atoms with E-state index in [0.717, 1.165) is 29.4 Å². The van der Waals surface area contributed by atoms with Crippen molar-refractivity contribution < 1.29 is 9.59 Å². The van der Waals surface area contributed by atoms with E-state index in [1.165, 1.54) is 19.3 Å². The molecule has 0 saturated heterocycles. The van der Waals surface area contributed by atoms with E-state index in [2.05, 4.69) is 5.32 Å². The van der Waals surface area contributed by atoms with Crippen LogP contribution in [0.1, 0.15) is 53.8 Å². The maximum absolute atomic E-state index is 13.1. The molecule has 1 heterocycles. The molecule has 1 aliphatic rings. The maximum Gasteiger partial charge on any atom is 0.251 e. The number of fused-ring (bicyclic) bond motifs is 1. The van der Waals surface area contributed by atoms with E-state index in [-0.39, 0.29) is 24.9 Å². The molecule has 3 aromatic rings. The predicted molar refractivity (Wildman–Crippen MR) is 122 cm³/mol. The van der Waals surface area contributed by atoms with Crippen molar-refractivity contribution in [2.24, 2.45) is 0 Å². The van der Waals surface area contributed by atoms with Crippen LogP contribution in [0.25, 0.3) is 11.0 Å². The van der Waals surface area contributed by atoms with E-state index in [1.54, 1.807) is 6.07 Å². The Hall–Kier alpha value is -3.15. The SMILES string of the molecule is Cc1cccc(C(=O)NCc2nc3ccccc3n2CC(=O)N(C)C2CCCCC2)c1. The van der Waals surface area contributed by atoms with Gasteiger partial charge in [-0.3, -0.25) is 9.59 Å². The van der Waals surface area contributed by atoms with Crippen LogP contribution in [0.2, 0.25) is 0 Å². The summed E-state index contributed by atoms with van der Waals surface area (Å²) in [5.74, 6) is 0.627. The molecule has 0 unspecified atom stereocenters. The number of likely N-dealkylation sites (N-methyl/N-ethyl adjacent to an activating group) is 1. The minimum atomic E-state index is -0.145. The first-order valence-electron chi connectivity index (χ1n) is 11.1. The number of para-hydroxylation sites is 2. The van der Waals surface area contributed by atoms with Crippen LogP contribution in [0.15, 0.2) is 48.5 Å². The summed E-state index contributed by atoms with van der Waals surface area (Å²) >= 11 is 0. The van der Waals surface area contributed by atoms with Gasteiger partial charge in [0.15, 0.2) is 0 Å². The molecule has 6 heteroatoms. The number of nitrogens with zero attached hydrogens (tertiary/aromatic N) is 3. The Bertz CT molecular complexity index is 1080. The standard InChI is InChI=1S/C25H30N4O2/c1-18-9-8-10-19(15-18)25(31)26-16-23-27-21-13-6-7-14-22(21)29(23)17-24(30)28(2)20-11-4-3-5-12-20/h6-10,13-15,20H,3-5,11-12,16-17H2,1-2H3,(H,26,31). The number of rotatable bonds is 6. The lowest BCUT2D eigenvalue weighted by Crippen LogP contribution is -2.40. The van der Waals surface area contributed by atoms with Gasteiger partial charge in [0.2, 0.25) is 5.91 Å². The van der Waals surface area contributed by atoms with E-state index < -0.39 is 0 Å². The van der Waals surface area contributed by atoms with Gasteiger partial charge < -0.3 is 14.8 Å². The Morgan fingerprint density at radius 3 is 2.65 bits per heavy atom. The van der Waals surface area contributed by atoms with Gasteiger partial charge in [0.1, 0.15) is 12.4 Å². The molecule has 0 radical (unpaired) electrons. The molecule has 31 heavy (non-hydrogen) atoms. The van der Waals surface area contributed by atoms with Crippen LogP contribution in [0.5, 0.6) is 0 Å². The van der Waals surface area contributed by atoms with E-state index in [0.29, 0.717) is 17.4 Å². The zero-order valence-corrected chi connectivity index (χ0v) is 18.3. The lowest BCUT2D eigenvalue weighted by Gasteiger charge is -2.31. The second-order valence-electron chi connectivity index (χ2n) is 8.45. The molecular formula is C25H30N4O2. The molecule has 4 rings (SSSR count). The van der Waals surface area contributed by atoms with Crippen molar-refractivity contribution in [2.45, 2.75) is 58.2 Å². The van der Waals surface area contributed by atoms with Gasteiger partial charge in [-0.2, -0.15) is 0 Å². The summed E-state index contributed by atoms with van der Waals surface area (Å²) in [5.41, 5.74) is 3.40. The Labute approximate surface area is 183 Å². The number of nitrogens with one attached hydrogen (secondary N) is 1. The highest BCUT2D eigenvalue weighted by molar-refractivity contribution is 5.94. The first kappa shape index (κ1) is 21.1. The minimum Gasteiger partial charge on any atom is -0.345 e. The van der Waals surface area contributed by atoms with Crippen molar-refractivity contribution in [3.63, 3.8) is 0 Å². The molecule has 0 aliphatic heterocycles. The fourth-order valence-corrected chi connectivity index (χ4v) is 4.40. The van der Waals surface area contributed by atoms with Gasteiger partial charge in [-0.15, -0.1) is 0 Å². The molecular weight excluding hydrogens is 388 g/mol. The van der Waals surface area contributed by atoms with Crippen molar-refractivity contribution in [3.05, 3.63) is 65.5 Å². The molecule has 0 atom stereocenters. The highest BCUT2D eigenvalue weighted by Crippen LogP contribution is 2.23. The Morgan fingerprint density at radius 1 is 1.10 bits per heavy atom. The third-order valence-corrected chi connectivity index (χ3v) is 6.23. The number of aryl methyl sites for hydroxylation is 1. The minimum absolute atomic E-state index is 0.0845. The van der Waals surface area contributed by atoms with E-state index >= 15 is 0 Å². The zero-order chi connectivity index (χ0) is 21.8. The number of carbonyl (C=O) groups excluding carboxylic acids is 2. The third-order valence-electron chi connectivity index (χ3n) is 6.23. The number of aromatic nitrogens is 2. The fourth-order valence-electron chi connectivity index (χ4n) is 4.40.